The molecule has 1 aromatic carbocycles. The van der Waals surface area contributed by atoms with E-state index in [4.69, 9.17) is 20.8 Å². The van der Waals surface area contributed by atoms with Gasteiger partial charge in [0.1, 0.15) is 5.76 Å². The third-order valence-corrected chi connectivity index (χ3v) is 5.42. The summed E-state index contributed by atoms with van der Waals surface area (Å²) in [5.41, 5.74) is 4.91. The Kier molecular flexibility index (Phi) is 3.61. The summed E-state index contributed by atoms with van der Waals surface area (Å²) in [5.74, 6) is 1.08. The lowest BCUT2D eigenvalue weighted by Crippen LogP contribution is -2.37. The number of furan rings is 1. The highest BCUT2D eigenvalue weighted by atomic mass is 35.5. The van der Waals surface area contributed by atoms with E-state index in [2.05, 4.69) is 34.2 Å². The molecule has 2 aliphatic rings. The van der Waals surface area contributed by atoms with Crippen LogP contribution in [0.4, 0.5) is 0 Å². The molecule has 0 saturated heterocycles. The van der Waals surface area contributed by atoms with Crippen LogP contribution in [0.25, 0.3) is 10.9 Å². The lowest BCUT2D eigenvalue weighted by atomic mass is 9.93. The number of hydrogen-bond donors (Lipinski definition) is 1. The molecule has 0 spiro atoms. The highest BCUT2D eigenvalue weighted by Gasteiger charge is 2.33. The normalized spacial score (nSPS) is 20.5. The van der Waals surface area contributed by atoms with Crippen molar-refractivity contribution in [1.82, 2.24) is 9.88 Å². The van der Waals surface area contributed by atoms with E-state index in [0.717, 1.165) is 54.4 Å². The summed E-state index contributed by atoms with van der Waals surface area (Å²) in [6, 6.07) is 8.26. The second-order valence-electron chi connectivity index (χ2n) is 6.69. The lowest BCUT2D eigenvalue weighted by molar-refractivity contribution is 0.165. The van der Waals surface area contributed by atoms with Gasteiger partial charge in [-0.1, -0.05) is 11.6 Å². The Morgan fingerprint density at radius 3 is 3.04 bits per heavy atom. The van der Waals surface area contributed by atoms with Gasteiger partial charge in [0.2, 0.25) is 0 Å². The fraction of sp³-hybridized carbons (Fsp3) is 0.300. The number of H-pyrrole nitrogens is 1. The fourth-order valence-corrected chi connectivity index (χ4v) is 4.24. The van der Waals surface area contributed by atoms with Crippen molar-refractivity contribution in [3.8, 4) is 0 Å². The van der Waals surface area contributed by atoms with Crippen molar-refractivity contribution in [3.05, 3.63) is 70.5 Å². The molecule has 4 nitrogen and oxygen atoms in total. The van der Waals surface area contributed by atoms with Crippen molar-refractivity contribution in [1.29, 1.82) is 0 Å². The zero-order chi connectivity index (χ0) is 16.8. The van der Waals surface area contributed by atoms with Crippen molar-refractivity contribution in [3.63, 3.8) is 0 Å². The molecule has 1 atom stereocenters. The maximum absolute atomic E-state index is 6.23. The molecule has 0 saturated carbocycles. The van der Waals surface area contributed by atoms with Crippen molar-refractivity contribution < 1.29 is 9.15 Å². The SMILES string of the molecule is Clc1ccc2[nH]c3c(c2c1)CCN(CC1=CCCO1)C3c1ccoc1. The summed E-state index contributed by atoms with van der Waals surface area (Å²) >= 11 is 6.23. The summed E-state index contributed by atoms with van der Waals surface area (Å²) in [6.45, 7) is 2.60. The highest BCUT2D eigenvalue weighted by molar-refractivity contribution is 6.31. The third-order valence-electron chi connectivity index (χ3n) is 5.18. The van der Waals surface area contributed by atoms with Crippen LogP contribution in [0.1, 0.15) is 29.3 Å². The van der Waals surface area contributed by atoms with Crippen molar-refractivity contribution in [2.45, 2.75) is 18.9 Å². The van der Waals surface area contributed by atoms with Gasteiger partial charge >= 0.3 is 0 Å². The first-order valence-corrected chi connectivity index (χ1v) is 9.05. The molecule has 5 heteroatoms. The topological polar surface area (TPSA) is 41.4 Å². The number of nitrogens with zero attached hydrogens (tertiary/aromatic N) is 1. The fourth-order valence-electron chi connectivity index (χ4n) is 4.07. The Hall–Kier alpha value is -2.17. The molecule has 0 bridgehead atoms. The first kappa shape index (κ1) is 15.1. The Balaban J connectivity index is 1.61. The largest absolute Gasteiger partial charge is 0.497 e. The standard InChI is InChI=1S/C20H19ClN2O2/c21-14-3-4-18-17(10-14)16-5-7-23(11-15-2-1-8-25-15)20(19(16)22-18)13-6-9-24-12-13/h2-4,6,9-10,12,20,22H,1,5,7-8,11H2. The number of aromatic nitrogens is 1. The second kappa shape index (κ2) is 5.97. The third kappa shape index (κ3) is 2.57. The van der Waals surface area contributed by atoms with E-state index in [-0.39, 0.29) is 6.04 Å². The van der Waals surface area contributed by atoms with Gasteiger partial charge in [0, 0.05) is 40.1 Å². The van der Waals surface area contributed by atoms with Gasteiger partial charge in [0.25, 0.3) is 0 Å². The van der Waals surface area contributed by atoms with Crippen molar-refractivity contribution in [2.75, 3.05) is 19.7 Å². The number of fused-ring (bicyclic) bond motifs is 3. The first-order valence-electron chi connectivity index (χ1n) is 8.67. The number of ether oxygens (including phenoxy) is 1. The molecule has 1 unspecified atom stereocenters. The Morgan fingerprint density at radius 1 is 1.28 bits per heavy atom. The molecule has 128 valence electrons. The summed E-state index contributed by atoms with van der Waals surface area (Å²) < 4.78 is 11.1. The second-order valence-corrected chi connectivity index (χ2v) is 7.13. The molecule has 4 heterocycles. The molecular weight excluding hydrogens is 336 g/mol. The quantitative estimate of drug-likeness (QED) is 0.743. The molecule has 3 aromatic rings. The zero-order valence-electron chi connectivity index (χ0n) is 13.8. The van der Waals surface area contributed by atoms with Gasteiger partial charge in [-0.2, -0.15) is 0 Å². The molecule has 0 fully saturated rings. The number of halogens is 1. The van der Waals surface area contributed by atoms with Crippen LogP contribution in [0.5, 0.6) is 0 Å². The van der Waals surface area contributed by atoms with E-state index in [1.54, 1.807) is 6.26 Å². The van der Waals surface area contributed by atoms with E-state index in [0.29, 0.717) is 0 Å². The monoisotopic (exact) mass is 354 g/mol. The van der Waals surface area contributed by atoms with Crippen LogP contribution in [0, 0.1) is 0 Å². The van der Waals surface area contributed by atoms with Gasteiger partial charge in [-0.3, -0.25) is 4.90 Å². The van der Waals surface area contributed by atoms with Crippen LogP contribution >= 0.6 is 11.6 Å². The van der Waals surface area contributed by atoms with Gasteiger partial charge in [-0.05, 0) is 42.3 Å². The highest BCUT2D eigenvalue weighted by Crippen LogP contribution is 2.39. The number of rotatable bonds is 3. The van der Waals surface area contributed by atoms with Crippen LogP contribution in [0.15, 0.2) is 53.0 Å². The van der Waals surface area contributed by atoms with E-state index < -0.39 is 0 Å². The molecule has 0 radical (unpaired) electrons. The predicted octanol–water partition coefficient (Wildman–Crippen LogP) is 4.67. The maximum Gasteiger partial charge on any atom is 0.106 e. The van der Waals surface area contributed by atoms with Crippen LogP contribution in [-0.2, 0) is 11.2 Å². The van der Waals surface area contributed by atoms with Crippen LogP contribution in [0.2, 0.25) is 5.02 Å². The number of aromatic amines is 1. The minimum absolute atomic E-state index is 0.138. The molecule has 0 amide bonds. The Labute approximate surface area is 151 Å². The van der Waals surface area contributed by atoms with Crippen molar-refractivity contribution in [2.24, 2.45) is 0 Å². The van der Waals surface area contributed by atoms with E-state index in [1.807, 2.05) is 12.3 Å². The molecule has 25 heavy (non-hydrogen) atoms. The van der Waals surface area contributed by atoms with Crippen molar-refractivity contribution >= 4 is 22.5 Å². The average molecular weight is 355 g/mol. The summed E-state index contributed by atoms with van der Waals surface area (Å²) in [7, 11) is 0. The summed E-state index contributed by atoms with van der Waals surface area (Å²) in [6.07, 6.45) is 7.79. The van der Waals surface area contributed by atoms with Gasteiger partial charge < -0.3 is 14.1 Å². The molecule has 5 rings (SSSR count). The molecular formula is C20H19ClN2O2. The Morgan fingerprint density at radius 2 is 2.24 bits per heavy atom. The van der Waals surface area contributed by atoms with E-state index >= 15 is 0 Å². The lowest BCUT2D eigenvalue weighted by Gasteiger charge is -2.35. The van der Waals surface area contributed by atoms with Crippen LogP contribution in [0.3, 0.4) is 0 Å². The first-order chi connectivity index (χ1) is 12.3. The summed E-state index contributed by atoms with van der Waals surface area (Å²) in [5, 5.41) is 2.01. The molecule has 1 N–H and O–H groups in total. The maximum atomic E-state index is 6.23. The number of benzene rings is 1. The number of hydrogen-bond acceptors (Lipinski definition) is 3. The average Bonchev–Trinajstić information content (AvgIpc) is 3.35. The van der Waals surface area contributed by atoms with Crippen LogP contribution in [-0.4, -0.2) is 29.6 Å². The molecule has 2 aliphatic heterocycles. The minimum Gasteiger partial charge on any atom is -0.497 e. The minimum atomic E-state index is 0.138. The summed E-state index contributed by atoms with van der Waals surface area (Å²) in [4.78, 5) is 6.09. The predicted molar refractivity (Wildman–Crippen MR) is 97.8 cm³/mol. The smallest absolute Gasteiger partial charge is 0.106 e. The van der Waals surface area contributed by atoms with Gasteiger partial charge in [0.15, 0.2) is 0 Å². The van der Waals surface area contributed by atoms with Gasteiger partial charge in [-0.25, -0.2) is 0 Å². The van der Waals surface area contributed by atoms with Crippen LogP contribution < -0.4 is 0 Å². The Bertz CT molecular complexity index is 942. The number of nitrogens with one attached hydrogen (secondary N) is 1. The zero-order valence-corrected chi connectivity index (χ0v) is 14.6. The molecule has 0 aliphatic carbocycles. The van der Waals surface area contributed by atoms with Gasteiger partial charge in [0.05, 0.1) is 31.7 Å². The van der Waals surface area contributed by atoms with E-state index in [1.165, 1.54) is 16.6 Å². The van der Waals surface area contributed by atoms with Gasteiger partial charge in [-0.15, -0.1) is 0 Å². The molecule has 2 aromatic heterocycles. The van der Waals surface area contributed by atoms with E-state index in [9.17, 15) is 0 Å².